The monoisotopic (exact) mass is 478 g/mol. The topological polar surface area (TPSA) is 40.6 Å². The molecule has 1 saturated heterocycles. The molecule has 0 saturated carbocycles. The summed E-state index contributed by atoms with van der Waals surface area (Å²) in [7, 11) is 1.94. The number of aryl methyl sites for hydroxylation is 2. The van der Waals surface area contributed by atoms with Gasteiger partial charge in [0.2, 0.25) is 5.91 Å². The SMILES string of the molecule is CN(CCC=C1c2ccccc2CCc2ccccc21)C(=O)C1CCN(c2ccc(C=O)cc2)CC1. The second kappa shape index (κ2) is 10.9. The third-order valence-electron chi connectivity index (χ3n) is 7.71. The summed E-state index contributed by atoms with van der Waals surface area (Å²) in [5.41, 5.74) is 8.56. The zero-order chi connectivity index (χ0) is 24.9. The van der Waals surface area contributed by atoms with Gasteiger partial charge < -0.3 is 9.80 Å². The van der Waals surface area contributed by atoms with E-state index in [0.717, 1.165) is 63.7 Å². The Morgan fingerprint density at radius 3 is 2.06 bits per heavy atom. The van der Waals surface area contributed by atoms with Crippen molar-refractivity contribution in [3.63, 3.8) is 0 Å². The Morgan fingerprint density at radius 1 is 0.889 bits per heavy atom. The second-order valence-corrected chi connectivity index (χ2v) is 9.95. The first-order chi connectivity index (χ1) is 17.6. The molecule has 0 bridgehead atoms. The summed E-state index contributed by atoms with van der Waals surface area (Å²) in [6.45, 7) is 2.45. The molecule has 2 aliphatic rings. The molecule has 1 aliphatic heterocycles. The lowest BCUT2D eigenvalue weighted by Gasteiger charge is -2.34. The van der Waals surface area contributed by atoms with Gasteiger partial charge in [0.05, 0.1) is 0 Å². The van der Waals surface area contributed by atoms with Crippen LogP contribution in [0, 0.1) is 5.92 Å². The predicted octanol–water partition coefficient (Wildman–Crippen LogP) is 5.79. The summed E-state index contributed by atoms with van der Waals surface area (Å²) >= 11 is 0. The van der Waals surface area contributed by atoms with Crippen LogP contribution in [0.2, 0.25) is 0 Å². The summed E-state index contributed by atoms with van der Waals surface area (Å²) in [5, 5.41) is 0. The van der Waals surface area contributed by atoms with Gasteiger partial charge in [0, 0.05) is 43.9 Å². The first-order valence-corrected chi connectivity index (χ1v) is 13.1. The van der Waals surface area contributed by atoms with Crippen molar-refractivity contribution in [2.75, 3.05) is 31.6 Å². The Kier molecular flexibility index (Phi) is 7.31. The van der Waals surface area contributed by atoms with Crippen molar-refractivity contribution in [1.82, 2.24) is 4.90 Å². The second-order valence-electron chi connectivity index (χ2n) is 9.95. The van der Waals surface area contributed by atoms with Crippen LogP contribution in [0.25, 0.3) is 5.57 Å². The highest BCUT2D eigenvalue weighted by atomic mass is 16.2. The van der Waals surface area contributed by atoms with Gasteiger partial charge in [-0.15, -0.1) is 0 Å². The van der Waals surface area contributed by atoms with Gasteiger partial charge in [-0.3, -0.25) is 9.59 Å². The normalized spacial score (nSPS) is 15.5. The van der Waals surface area contributed by atoms with Gasteiger partial charge in [-0.05, 0) is 84.2 Å². The minimum atomic E-state index is 0.0764. The maximum atomic E-state index is 13.2. The molecular formula is C32H34N2O2. The smallest absolute Gasteiger partial charge is 0.225 e. The largest absolute Gasteiger partial charge is 0.371 e. The van der Waals surface area contributed by atoms with E-state index in [2.05, 4.69) is 59.5 Å². The molecule has 1 heterocycles. The quantitative estimate of drug-likeness (QED) is 0.421. The van der Waals surface area contributed by atoms with Gasteiger partial charge in [-0.1, -0.05) is 54.6 Å². The average molecular weight is 479 g/mol. The fourth-order valence-corrected chi connectivity index (χ4v) is 5.61. The fourth-order valence-electron chi connectivity index (χ4n) is 5.61. The molecule has 1 amide bonds. The third kappa shape index (κ3) is 5.13. The number of carbonyl (C=O) groups is 2. The van der Waals surface area contributed by atoms with Crippen LogP contribution in [-0.2, 0) is 17.6 Å². The summed E-state index contributed by atoms with van der Waals surface area (Å²) in [4.78, 5) is 28.3. The number of hydrogen-bond donors (Lipinski definition) is 0. The number of amides is 1. The molecule has 0 spiro atoms. The Bertz CT molecular complexity index is 1200. The van der Waals surface area contributed by atoms with Gasteiger partial charge in [0.15, 0.2) is 0 Å². The number of anilines is 1. The van der Waals surface area contributed by atoms with E-state index < -0.39 is 0 Å². The zero-order valence-electron chi connectivity index (χ0n) is 21.0. The first-order valence-electron chi connectivity index (χ1n) is 13.1. The lowest BCUT2D eigenvalue weighted by Crippen LogP contribution is -2.41. The molecular weight excluding hydrogens is 444 g/mol. The van der Waals surface area contributed by atoms with Crippen LogP contribution in [0.3, 0.4) is 0 Å². The van der Waals surface area contributed by atoms with Gasteiger partial charge in [-0.25, -0.2) is 0 Å². The minimum absolute atomic E-state index is 0.0764. The molecule has 4 heteroatoms. The van der Waals surface area contributed by atoms with Crippen LogP contribution in [0.1, 0.15) is 51.9 Å². The van der Waals surface area contributed by atoms with Crippen molar-refractivity contribution in [3.8, 4) is 0 Å². The van der Waals surface area contributed by atoms with Crippen molar-refractivity contribution in [2.45, 2.75) is 32.1 Å². The molecule has 36 heavy (non-hydrogen) atoms. The van der Waals surface area contributed by atoms with Crippen molar-refractivity contribution in [1.29, 1.82) is 0 Å². The van der Waals surface area contributed by atoms with Crippen molar-refractivity contribution >= 4 is 23.5 Å². The molecule has 0 aromatic heterocycles. The zero-order valence-corrected chi connectivity index (χ0v) is 21.0. The number of carbonyl (C=O) groups excluding carboxylic acids is 2. The van der Waals surface area contributed by atoms with Gasteiger partial charge in [0.25, 0.3) is 0 Å². The Labute approximate surface area is 214 Å². The van der Waals surface area contributed by atoms with E-state index in [1.165, 1.54) is 27.8 Å². The molecule has 1 aliphatic carbocycles. The van der Waals surface area contributed by atoms with E-state index in [4.69, 9.17) is 0 Å². The molecule has 1 fully saturated rings. The number of nitrogens with zero attached hydrogens (tertiary/aromatic N) is 2. The fraction of sp³-hybridized carbons (Fsp3) is 0.312. The maximum absolute atomic E-state index is 13.2. The standard InChI is InChI=1S/C32H34N2O2/c1-33(32(36)27-18-21-34(22-19-27)28-16-12-24(23-35)13-17-28)20-6-11-31-29-9-4-2-7-25(29)14-15-26-8-3-5-10-30(26)31/h2-5,7-13,16-17,23,27H,6,14-15,18-22H2,1H3. The van der Waals surface area contributed by atoms with E-state index in [1.54, 1.807) is 0 Å². The van der Waals surface area contributed by atoms with Crippen LogP contribution >= 0.6 is 0 Å². The predicted molar refractivity (Wildman–Crippen MR) is 146 cm³/mol. The summed E-state index contributed by atoms with van der Waals surface area (Å²) in [6, 6.07) is 25.2. The maximum Gasteiger partial charge on any atom is 0.225 e. The molecule has 3 aromatic carbocycles. The Balaban J connectivity index is 1.21. The number of benzene rings is 3. The summed E-state index contributed by atoms with van der Waals surface area (Å²) in [6.07, 6.45) is 7.88. The van der Waals surface area contributed by atoms with E-state index in [9.17, 15) is 9.59 Å². The molecule has 0 unspecified atom stereocenters. The number of hydrogen-bond acceptors (Lipinski definition) is 3. The highest BCUT2D eigenvalue weighted by Crippen LogP contribution is 2.33. The highest BCUT2D eigenvalue weighted by molar-refractivity contribution is 5.84. The Morgan fingerprint density at radius 2 is 1.47 bits per heavy atom. The summed E-state index contributed by atoms with van der Waals surface area (Å²) in [5.74, 6) is 0.332. The van der Waals surface area contributed by atoms with E-state index in [0.29, 0.717) is 5.56 Å². The molecule has 5 rings (SSSR count). The highest BCUT2D eigenvalue weighted by Gasteiger charge is 2.27. The number of fused-ring (bicyclic) bond motifs is 2. The first kappa shape index (κ1) is 24.1. The Hall–Kier alpha value is -3.66. The molecule has 4 nitrogen and oxygen atoms in total. The molecule has 184 valence electrons. The van der Waals surface area contributed by atoms with Crippen molar-refractivity contribution < 1.29 is 9.59 Å². The molecule has 0 N–H and O–H groups in total. The van der Waals surface area contributed by atoms with Crippen LogP contribution in [-0.4, -0.2) is 43.8 Å². The van der Waals surface area contributed by atoms with Gasteiger partial charge in [0.1, 0.15) is 6.29 Å². The third-order valence-corrected chi connectivity index (χ3v) is 7.71. The van der Waals surface area contributed by atoms with Crippen molar-refractivity contribution in [3.05, 3.63) is 107 Å². The van der Waals surface area contributed by atoms with Gasteiger partial charge in [-0.2, -0.15) is 0 Å². The lowest BCUT2D eigenvalue weighted by atomic mass is 9.93. The van der Waals surface area contributed by atoms with Crippen molar-refractivity contribution in [2.24, 2.45) is 5.92 Å². The van der Waals surface area contributed by atoms with E-state index >= 15 is 0 Å². The van der Waals surface area contributed by atoms with Gasteiger partial charge >= 0.3 is 0 Å². The average Bonchev–Trinajstić information content (AvgIpc) is 3.10. The molecule has 0 atom stereocenters. The number of rotatable bonds is 6. The summed E-state index contributed by atoms with van der Waals surface area (Å²) < 4.78 is 0. The lowest BCUT2D eigenvalue weighted by molar-refractivity contribution is -0.134. The number of aldehydes is 1. The minimum Gasteiger partial charge on any atom is -0.371 e. The van der Waals surface area contributed by atoms with E-state index in [-0.39, 0.29) is 11.8 Å². The van der Waals surface area contributed by atoms with Crippen LogP contribution < -0.4 is 4.90 Å². The van der Waals surface area contributed by atoms with Crippen LogP contribution in [0.15, 0.2) is 78.9 Å². The van der Waals surface area contributed by atoms with Crippen LogP contribution in [0.5, 0.6) is 0 Å². The van der Waals surface area contributed by atoms with Crippen LogP contribution in [0.4, 0.5) is 5.69 Å². The molecule has 3 aromatic rings. The van der Waals surface area contributed by atoms with E-state index in [1.807, 2.05) is 36.2 Å². The number of piperidine rings is 1. The molecule has 0 radical (unpaired) electrons.